The van der Waals surface area contributed by atoms with Crippen molar-refractivity contribution in [3.8, 4) is 0 Å². The lowest BCUT2D eigenvalue weighted by Crippen LogP contribution is -2.42. The van der Waals surface area contributed by atoms with E-state index in [2.05, 4.69) is 46.9 Å². The van der Waals surface area contributed by atoms with E-state index in [0.29, 0.717) is 19.1 Å². The molecule has 4 N–H and O–H groups in total. The molecule has 0 saturated carbocycles. The molecule has 19 heavy (non-hydrogen) atoms. The molecule has 0 fully saturated rings. The molecule has 5 heteroatoms. The second-order valence-corrected chi connectivity index (χ2v) is 4.32. The minimum atomic E-state index is 0.629. The number of nitrogens with two attached hydrogens (primary N) is 1. The van der Waals surface area contributed by atoms with Gasteiger partial charge in [-0.3, -0.25) is 10.4 Å². The van der Waals surface area contributed by atoms with Crippen LogP contribution in [-0.4, -0.2) is 32.8 Å². The number of nitrogens with zero attached hydrogens (tertiary/aromatic N) is 1. The molecular formula is C14H24N4O. The Morgan fingerprint density at radius 1 is 1.37 bits per heavy atom. The highest BCUT2D eigenvalue weighted by atomic mass is 16.5. The number of aryl methyl sites for hydroxylation is 1. The summed E-state index contributed by atoms with van der Waals surface area (Å²) in [6, 6.07) is 8.37. The van der Waals surface area contributed by atoms with Gasteiger partial charge in [-0.25, -0.2) is 5.84 Å². The minimum absolute atomic E-state index is 0.629. The Morgan fingerprint density at radius 3 is 2.84 bits per heavy atom. The van der Waals surface area contributed by atoms with Crippen molar-refractivity contribution in [1.82, 2.24) is 10.7 Å². The highest BCUT2D eigenvalue weighted by Crippen LogP contribution is 2.06. The third-order valence-electron chi connectivity index (χ3n) is 2.86. The molecule has 0 amide bonds. The molecule has 0 heterocycles. The van der Waals surface area contributed by atoms with E-state index in [1.807, 2.05) is 0 Å². The number of hydrogen-bond donors (Lipinski definition) is 3. The summed E-state index contributed by atoms with van der Waals surface area (Å²) in [6.07, 6.45) is 1.84. The summed E-state index contributed by atoms with van der Waals surface area (Å²) < 4.78 is 4.97. The lowest BCUT2D eigenvalue weighted by atomic mass is 10.1. The van der Waals surface area contributed by atoms with Crippen molar-refractivity contribution < 1.29 is 4.74 Å². The average molecular weight is 264 g/mol. The molecule has 0 aliphatic carbocycles. The van der Waals surface area contributed by atoms with Gasteiger partial charge in [0.1, 0.15) is 0 Å². The van der Waals surface area contributed by atoms with Crippen LogP contribution < -0.4 is 16.6 Å². The van der Waals surface area contributed by atoms with Crippen molar-refractivity contribution in [2.45, 2.75) is 19.8 Å². The Balaban J connectivity index is 2.31. The second-order valence-electron chi connectivity index (χ2n) is 4.32. The first kappa shape index (κ1) is 15.5. The zero-order chi connectivity index (χ0) is 13.9. The van der Waals surface area contributed by atoms with Gasteiger partial charge in [0.15, 0.2) is 0 Å². The van der Waals surface area contributed by atoms with Gasteiger partial charge in [-0.2, -0.15) is 0 Å². The van der Waals surface area contributed by atoms with E-state index < -0.39 is 0 Å². The highest BCUT2D eigenvalue weighted by molar-refractivity contribution is 5.79. The number of hydrogen-bond acceptors (Lipinski definition) is 3. The molecule has 1 aromatic carbocycles. The summed E-state index contributed by atoms with van der Waals surface area (Å²) in [6.45, 7) is 4.34. The topological polar surface area (TPSA) is 71.7 Å². The summed E-state index contributed by atoms with van der Waals surface area (Å²) >= 11 is 0. The number of benzene rings is 1. The summed E-state index contributed by atoms with van der Waals surface area (Å²) in [5.41, 5.74) is 5.23. The number of nitrogens with one attached hydrogen (secondary N) is 2. The van der Waals surface area contributed by atoms with Crippen LogP contribution in [0.15, 0.2) is 29.3 Å². The third-order valence-corrected chi connectivity index (χ3v) is 2.86. The van der Waals surface area contributed by atoms with Crippen LogP contribution in [0.4, 0.5) is 0 Å². The maximum atomic E-state index is 5.42. The van der Waals surface area contributed by atoms with E-state index in [0.717, 1.165) is 19.4 Å². The number of ether oxygens (including phenoxy) is 1. The zero-order valence-corrected chi connectivity index (χ0v) is 11.8. The Morgan fingerprint density at radius 2 is 2.16 bits per heavy atom. The zero-order valence-electron chi connectivity index (χ0n) is 11.8. The monoisotopic (exact) mass is 264 g/mol. The quantitative estimate of drug-likeness (QED) is 0.226. The molecule has 1 aromatic rings. The second kappa shape index (κ2) is 9.35. The normalized spacial score (nSPS) is 11.4. The Hall–Kier alpha value is -1.59. The Bertz CT molecular complexity index is 393. The van der Waals surface area contributed by atoms with Gasteiger partial charge in [-0.1, -0.05) is 24.3 Å². The standard InChI is InChI=1S/C14H24N4O/c1-12-6-3-4-7-13(12)8-10-17-14(18-15)16-9-5-11-19-2/h3-4,6-7H,5,8-11,15H2,1-2H3,(H2,16,17,18). The summed E-state index contributed by atoms with van der Waals surface area (Å²) in [5, 5.41) is 3.20. The van der Waals surface area contributed by atoms with Crippen LogP contribution in [-0.2, 0) is 11.2 Å². The van der Waals surface area contributed by atoms with Crippen LogP contribution >= 0.6 is 0 Å². The van der Waals surface area contributed by atoms with Gasteiger partial charge in [0.2, 0.25) is 5.96 Å². The van der Waals surface area contributed by atoms with Crippen LogP contribution in [0.5, 0.6) is 0 Å². The third kappa shape index (κ3) is 6.22. The molecule has 0 aliphatic heterocycles. The van der Waals surface area contributed by atoms with Gasteiger partial charge in [0, 0.05) is 26.8 Å². The van der Waals surface area contributed by atoms with E-state index in [1.165, 1.54) is 11.1 Å². The lowest BCUT2D eigenvalue weighted by molar-refractivity contribution is 0.197. The molecule has 0 unspecified atom stereocenters. The van der Waals surface area contributed by atoms with Crippen molar-refractivity contribution >= 4 is 5.96 Å². The van der Waals surface area contributed by atoms with Gasteiger partial charge in [-0.15, -0.1) is 0 Å². The van der Waals surface area contributed by atoms with Crippen LogP contribution in [0, 0.1) is 6.92 Å². The predicted octanol–water partition coefficient (Wildman–Crippen LogP) is 0.983. The Kier molecular flexibility index (Phi) is 7.62. The number of hydrazine groups is 1. The van der Waals surface area contributed by atoms with E-state index in [-0.39, 0.29) is 0 Å². The van der Waals surface area contributed by atoms with Crippen molar-refractivity contribution in [2.75, 3.05) is 26.8 Å². The van der Waals surface area contributed by atoms with Crippen LogP contribution in [0.3, 0.4) is 0 Å². The maximum absolute atomic E-state index is 5.42. The van der Waals surface area contributed by atoms with Crippen LogP contribution in [0.1, 0.15) is 17.5 Å². The molecule has 0 saturated heterocycles. The number of aliphatic imine (C=N–C) groups is 1. The molecule has 0 radical (unpaired) electrons. The van der Waals surface area contributed by atoms with E-state index >= 15 is 0 Å². The fraction of sp³-hybridized carbons (Fsp3) is 0.500. The SMILES string of the molecule is COCCCN=C(NN)NCCc1ccccc1C. The van der Waals surface area contributed by atoms with Crippen molar-refractivity contribution in [3.63, 3.8) is 0 Å². The van der Waals surface area contributed by atoms with Crippen molar-refractivity contribution in [1.29, 1.82) is 0 Å². The van der Waals surface area contributed by atoms with Crippen LogP contribution in [0.25, 0.3) is 0 Å². The van der Waals surface area contributed by atoms with Gasteiger partial charge < -0.3 is 10.1 Å². The van der Waals surface area contributed by atoms with Crippen molar-refractivity contribution in [3.05, 3.63) is 35.4 Å². The number of guanidine groups is 1. The number of methoxy groups -OCH3 is 1. The van der Waals surface area contributed by atoms with Crippen molar-refractivity contribution in [2.24, 2.45) is 10.8 Å². The minimum Gasteiger partial charge on any atom is -0.385 e. The molecule has 0 spiro atoms. The van der Waals surface area contributed by atoms with Gasteiger partial charge in [-0.05, 0) is 30.9 Å². The van der Waals surface area contributed by atoms with Crippen LogP contribution in [0.2, 0.25) is 0 Å². The van der Waals surface area contributed by atoms with E-state index in [4.69, 9.17) is 10.6 Å². The average Bonchev–Trinajstić information content (AvgIpc) is 2.43. The lowest BCUT2D eigenvalue weighted by Gasteiger charge is -2.10. The highest BCUT2D eigenvalue weighted by Gasteiger charge is 1.98. The smallest absolute Gasteiger partial charge is 0.205 e. The first-order valence-corrected chi connectivity index (χ1v) is 6.56. The first-order chi connectivity index (χ1) is 9.27. The van der Waals surface area contributed by atoms with Gasteiger partial charge in [0.25, 0.3) is 0 Å². The largest absolute Gasteiger partial charge is 0.385 e. The molecule has 1 rings (SSSR count). The maximum Gasteiger partial charge on any atom is 0.205 e. The van der Waals surface area contributed by atoms with E-state index in [9.17, 15) is 0 Å². The molecule has 106 valence electrons. The van der Waals surface area contributed by atoms with Gasteiger partial charge in [0.05, 0.1) is 0 Å². The fourth-order valence-corrected chi connectivity index (χ4v) is 1.76. The molecular weight excluding hydrogens is 240 g/mol. The molecule has 0 atom stereocenters. The fourth-order valence-electron chi connectivity index (χ4n) is 1.76. The summed E-state index contributed by atoms with van der Waals surface area (Å²) in [4.78, 5) is 4.32. The molecule has 0 bridgehead atoms. The summed E-state index contributed by atoms with van der Waals surface area (Å²) in [5.74, 6) is 6.05. The molecule has 0 aliphatic rings. The molecule has 0 aromatic heterocycles. The number of rotatable bonds is 7. The van der Waals surface area contributed by atoms with Gasteiger partial charge >= 0.3 is 0 Å². The predicted molar refractivity (Wildman–Crippen MR) is 79.0 cm³/mol. The first-order valence-electron chi connectivity index (χ1n) is 6.56. The molecule has 5 nitrogen and oxygen atoms in total. The van der Waals surface area contributed by atoms with E-state index in [1.54, 1.807) is 7.11 Å². The summed E-state index contributed by atoms with van der Waals surface area (Å²) in [7, 11) is 1.69. The Labute approximate surface area is 115 Å².